The molecule has 0 aliphatic carbocycles. The Morgan fingerprint density at radius 1 is 0.704 bits per heavy atom. The van der Waals surface area contributed by atoms with Crippen LogP contribution in [-0.4, -0.2) is 29.9 Å². The Morgan fingerprint density at radius 3 is 2.11 bits per heavy atom. The summed E-state index contributed by atoms with van der Waals surface area (Å²) < 4.78 is 5.83. The predicted octanol–water partition coefficient (Wildman–Crippen LogP) is 4.69. The van der Waals surface area contributed by atoms with Gasteiger partial charge in [0.05, 0.1) is 17.7 Å². The lowest BCUT2D eigenvalue weighted by Crippen LogP contribution is -2.30. The van der Waals surface area contributed by atoms with Crippen LogP contribution in [0.25, 0.3) is 10.8 Å². The van der Waals surface area contributed by atoms with E-state index in [2.05, 4.69) is 18.2 Å². The van der Waals surface area contributed by atoms with E-state index < -0.39 is 0 Å². The number of carbonyl (C=O) groups is 2. The van der Waals surface area contributed by atoms with Gasteiger partial charge in [0.1, 0.15) is 5.75 Å². The van der Waals surface area contributed by atoms with Gasteiger partial charge in [-0.1, -0.05) is 42.5 Å². The van der Waals surface area contributed by atoms with Crippen LogP contribution < -0.4 is 4.74 Å². The second-order valence-corrected chi connectivity index (χ2v) is 6.73. The molecule has 3 aromatic rings. The fraction of sp³-hybridized carbons (Fsp3) is 0.217. The molecule has 2 amide bonds. The second kappa shape index (κ2) is 7.62. The van der Waals surface area contributed by atoms with E-state index in [0.717, 1.165) is 25.0 Å². The lowest BCUT2D eigenvalue weighted by Gasteiger charge is -2.13. The molecule has 0 fully saturated rings. The summed E-state index contributed by atoms with van der Waals surface area (Å²) in [6, 6.07) is 21.3. The number of benzene rings is 3. The molecule has 0 unspecified atom stereocenters. The van der Waals surface area contributed by atoms with Crippen molar-refractivity contribution in [3.8, 4) is 5.75 Å². The zero-order chi connectivity index (χ0) is 18.6. The molecule has 27 heavy (non-hydrogen) atoms. The van der Waals surface area contributed by atoms with Crippen LogP contribution in [0.3, 0.4) is 0 Å². The number of unbranched alkanes of at least 4 members (excludes halogenated alkanes) is 2. The van der Waals surface area contributed by atoms with Crippen molar-refractivity contribution in [3.63, 3.8) is 0 Å². The highest BCUT2D eigenvalue weighted by atomic mass is 16.5. The summed E-state index contributed by atoms with van der Waals surface area (Å²) in [6.07, 6.45) is 2.57. The SMILES string of the molecule is O=C1c2ccccc2C(=O)N1CCCCCOc1ccc2ccccc2c1. The van der Waals surface area contributed by atoms with Crippen molar-refractivity contribution in [2.45, 2.75) is 19.3 Å². The molecule has 0 radical (unpaired) electrons. The maximum absolute atomic E-state index is 12.3. The van der Waals surface area contributed by atoms with Crippen LogP contribution in [0.1, 0.15) is 40.0 Å². The molecule has 0 N–H and O–H groups in total. The van der Waals surface area contributed by atoms with Gasteiger partial charge in [0, 0.05) is 6.54 Å². The van der Waals surface area contributed by atoms with Gasteiger partial charge in [-0.25, -0.2) is 0 Å². The molecule has 0 saturated carbocycles. The fourth-order valence-electron chi connectivity index (χ4n) is 3.44. The number of imide groups is 1. The third-order valence-corrected chi connectivity index (χ3v) is 4.89. The van der Waals surface area contributed by atoms with E-state index in [1.807, 2.05) is 24.3 Å². The first kappa shape index (κ1) is 17.3. The van der Waals surface area contributed by atoms with Crippen LogP contribution in [-0.2, 0) is 0 Å². The minimum atomic E-state index is -0.178. The molecule has 1 aliphatic heterocycles. The minimum absolute atomic E-state index is 0.178. The van der Waals surface area contributed by atoms with E-state index in [1.54, 1.807) is 24.3 Å². The maximum atomic E-state index is 12.3. The van der Waals surface area contributed by atoms with Gasteiger partial charge in [-0.3, -0.25) is 14.5 Å². The van der Waals surface area contributed by atoms with Gasteiger partial charge < -0.3 is 4.74 Å². The molecule has 4 heteroatoms. The molecule has 0 atom stereocenters. The van der Waals surface area contributed by atoms with Crippen molar-refractivity contribution in [1.82, 2.24) is 4.90 Å². The normalized spacial score (nSPS) is 13.3. The first-order valence-electron chi connectivity index (χ1n) is 9.31. The number of nitrogens with zero attached hydrogens (tertiary/aromatic N) is 1. The van der Waals surface area contributed by atoms with E-state index >= 15 is 0 Å². The molecule has 0 bridgehead atoms. The quantitative estimate of drug-likeness (QED) is 0.454. The minimum Gasteiger partial charge on any atom is -0.494 e. The molecule has 0 spiro atoms. The lowest BCUT2D eigenvalue weighted by molar-refractivity contribution is 0.0651. The Morgan fingerprint density at radius 2 is 1.37 bits per heavy atom. The van der Waals surface area contributed by atoms with Crippen molar-refractivity contribution in [3.05, 3.63) is 77.9 Å². The Kier molecular flexibility index (Phi) is 4.88. The summed E-state index contributed by atoms with van der Waals surface area (Å²) in [5, 5.41) is 2.37. The van der Waals surface area contributed by atoms with Gasteiger partial charge >= 0.3 is 0 Å². The van der Waals surface area contributed by atoms with Crippen LogP contribution in [0.2, 0.25) is 0 Å². The van der Waals surface area contributed by atoms with Gasteiger partial charge in [-0.05, 0) is 54.3 Å². The molecule has 0 aromatic heterocycles. The standard InChI is InChI=1S/C23H21NO3/c25-22-20-10-4-5-11-21(20)23(26)24(22)14-6-1-7-15-27-19-13-12-17-8-2-3-9-18(17)16-19/h2-5,8-13,16H,1,6-7,14-15H2. The lowest BCUT2D eigenvalue weighted by atomic mass is 10.1. The van der Waals surface area contributed by atoms with Crippen molar-refractivity contribution in [1.29, 1.82) is 0 Å². The van der Waals surface area contributed by atoms with Crippen LogP contribution >= 0.6 is 0 Å². The molecule has 0 saturated heterocycles. The number of fused-ring (bicyclic) bond motifs is 2. The van der Waals surface area contributed by atoms with E-state index in [-0.39, 0.29) is 11.8 Å². The summed E-state index contributed by atoms with van der Waals surface area (Å²) >= 11 is 0. The van der Waals surface area contributed by atoms with E-state index in [0.29, 0.717) is 24.3 Å². The summed E-state index contributed by atoms with van der Waals surface area (Å²) in [5.74, 6) is 0.514. The molecule has 1 aliphatic rings. The highest BCUT2D eigenvalue weighted by molar-refractivity contribution is 6.21. The molecule has 4 nitrogen and oxygen atoms in total. The average molecular weight is 359 g/mol. The predicted molar refractivity (Wildman–Crippen MR) is 105 cm³/mol. The average Bonchev–Trinajstić information content (AvgIpc) is 2.95. The zero-order valence-electron chi connectivity index (χ0n) is 15.1. The van der Waals surface area contributed by atoms with E-state index in [9.17, 15) is 9.59 Å². The smallest absolute Gasteiger partial charge is 0.261 e. The summed E-state index contributed by atoms with van der Waals surface area (Å²) in [6.45, 7) is 1.09. The van der Waals surface area contributed by atoms with Gasteiger partial charge in [0.25, 0.3) is 11.8 Å². The number of hydrogen-bond donors (Lipinski definition) is 0. The van der Waals surface area contributed by atoms with E-state index in [4.69, 9.17) is 4.74 Å². The molecule has 3 aromatic carbocycles. The van der Waals surface area contributed by atoms with Crippen molar-refractivity contribution >= 4 is 22.6 Å². The number of ether oxygens (including phenoxy) is 1. The molecule has 1 heterocycles. The van der Waals surface area contributed by atoms with Crippen LogP contribution in [0.5, 0.6) is 5.75 Å². The Hall–Kier alpha value is -3.14. The molecular weight excluding hydrogens is 338 g/mol. The Bertz CT molecular complexity index is 961. The maximum Gasteiger partial charge on any atom is 0.261 e. The van der Waals surface area contributed by atoms with Gasteiger partial charge in [0.15, 0.2) is 0 Å². The zero-order valence-corrected chi connectivity index (χ0v) is 15.1. The highest BCUT2D eigenvalue weighted by Gasteiger charge is 2.34. The van der Waals surface area contributed by atoms with E-state index in [1.165, 1.54) is 15.7 Å². The third kappa shape index (κ3) is 3.56. The van der Waals surface area contributed by atoms with Crippen molar-refractivity contribution in [2.75, 3.05) is 13.2 Å². The van der Waals surface area contributed by atoms with Crippen LogP contribution in [0.4, 0.5) is 0 Å². The molecule has 136 valence electrons. The molecular formula is C23H21NO3. The topological polar surface area (TPSA) is 46.6 Å². The fourth-order valence-corrected chi connectivity index (χ4v) is 3.44. The van der Waals surface area contributed by atoms with Crippen molar-refractivity contribution in [2.24, 2.45) is 0 Å². The van der Waals surface area contributed by atoms with Gasteiger partial charge in [0.2, 0.25) is 0 Å². The first-order chi connectivity index (χ1) is 13.2. The van der Waals surface area contributed by atoms with Gasteiger partial charge in [-0.15, -0.1) is 0 Å². The Labute approximate surface area is 158 Å². The van der Waals surface area contributed by atoms with Crippen LogP contribution in [0, 0.1) is 0 Å². The third-order valence-electron chi connectivity index (χ3n) is 4.89. The monoisotopic (exact) mass is 359 g/mol. The number of hydrogen-bond acceptors (Lipinski definition) is 3. The first-order valence-corrected chi connectivity index (χ1v) is 9.31. The number of amides is 2. The largest absolute Gasteiger partial charge is 0.494 e. The summed E-state index contributed by atoms with van der Waals surface area (Å²) in [5.41, 5.74) is 1.03. The summed E-state index contributed by atoms with van der Waals surface area (Å²) in [4.78, 5) is 26.0. The molecule has 4 rings (SSSR count). The van der Waals surface area contributed by atoms with Crippen molar-refractivity contribution < 1.29 is 14.3 Å². The number of carbonyl (C=O) groups excluding carboxylic acids is 2. The second-order valence-electron chi connectivity index (χ2n) is 6.73. The highest BCUT2D eigenvalue weighted by Crippen LogP contribution is 2.23. The van der Waals surface area contributed by atoms with Gasteiger partial charge in [-0.2, -0.15) is 0 Å². The number of rotatable bonds is 7. The van der Waals surface area contributed by atoms with Crippen LogP contribution in [0.15, 0.2) is 66.7 Å². The Balaban J connectivity index is 1.22. The summed E-state index contributed by atoms with van der Waals surface area (Å²) in [7, 11) is 0.